The van der Waals surface area contributed by atoms with Crippen LogP contribution in [0.1, 0.15) is 57.6 Å². The van der Waals surface area contributed by atoms with E-state index in [-0.39, 0.29) is 11.6 Å². The molecule has 1 aliphatic rings. The van der Waals surface area contributed by atoms with E-state index in [0.717, 1.165) is 32.4 Å². The summed E-state index contributed by atoms with van der Waals surface area (Å²) >= 11 is 0. The summed E-state index contributed by atoms with van der Waals surface area (Å²) in [7, 11) is 0. The predicted octanol–water partition coefficient (Wildman–Crippen LogP) is 3.67. The molecule has 1 aromatic rings. The maximum atomic E-state index is 6.17. The average molecular weight is 251 g/mol. The third kappa shape index (κ3) is 2.78. The molecule has 0 saturated heterocycles. The Bertz CT molecular complexity index is 328. The van der Waals surface area contributed by atoms with Crippen LogP contribution in [-0.2, 0) is 4.74 Å². The van der Waals surface area contributed by atoms with Crippen LogP contribution in [0.25, 0.3) is 0 Å². The Kier molecular flexibility index (Phi) is 4.84. The van der Waals surface area contributed by atoms with Crippen molar-refractivity contribution >= 4 is 0 Å². The molecular weight excluding hydrogens is 226 g/mol. The Morgan fingerprint density at radius 1 is 1.39 bits per heavy atom. The van der Waals surface area contributed by atoms with Gasteiger partial charge in [-0.3, -0.25) is 0 Å². The number of hydrogen-bond donors (Lipinski definition) is 1. The Labute approximate surface area is 110 Å². The number of nitrogens with one attached hydrogen (secondary N) is 1. The van der Waals surface area contributed by atoms with E-state index in [1.165, 1.54) is 18.4 Å². The molecule has 1 aliphatic carbocycles. The number of furan rings is 1. The number of hydrogen-bond acceptors (Lipinski definition) is 3. The van der Waals surface area contributed by atoms with Crippen LogP contribution in [0.3, 0.4) is 0 Å². The summed E-state index contributed by atoms with van der Waals surface area (Å²) < 4.78 is 11.4. The van der Waals surface area contributed by atoms with E-state index < -0.39 is 0 Å². The van der Waals surface area contributed by atoms with Gasteiger partial charge in [-0.05, 0) is 38.8 Å². The third-order valence-corrected chi connectivity index (χ3v) is 3.88. The molecular formula is C15H25NO2. The van der Waals surface area contributed by atoms with E-state index in [9.17, 15) is 0 Å². The Morgan fingerprint density at radius 3 is 2.72 bits per heavy atom. The topological polar surface area (TPSA) is 34.4 Å². The highest BCUT2D eigenvalue weighted by atomic mass is 16.5. The summed E-state index contributed by atoms with van der Waals surface area (Å²) in [6.07, 6.45) is 9.57. The minimum absolute atomic E-state index is 0.0339. The molecule has 1 heterocycles. The lowest BCUT2D eigenvalue weighted by Gasteiger charge is -2.37. The fourth-order valence-corrected chi connectivity index (χ4v) is 3.11. The van der Waals surface area contributed by atoms with Crippen LogP contribution in [0.4, 0.5) is 0 Å². The molecule has 0 bridgehead atoms. The van der Waals surface area contributed by atoms with Crippen LogP contribution < -0.4 is 5.32 Å². The molecule has 1 saturated carbocycles. The van der Waals surface area contributed by atoms with Gasteiger partial charge in [-0.15, -0.1) is 0 Å². The van der Waals surface area contributed by atoms with Gasteiger partial charge < -0.3 is 14.5 Å². The third-order valence-electron chi connectivity index (χ3n) is 3.88. The van der Waals surface area contributed by atoms with Crippen molar-refractivity contribution in [3.05, 3.63) is 24.2 Å². The van der Waals surface area contributed by atoms with E-state index in [1.54, 1.807) is 6.26 Å². The normalized spacial score (nSPS) is 20.1. The van der Waals surface area contributed by atoms with Crippen molar-refractivity contribution in [3.63, 3.8) is 0 Å². The van der Waals surface area contributed by atoms with Crippen LogP contribution in [0.15, 0.2) is 23.0 Å². The molecule has 1 N–H and O–H groups in total. The van der Waals surface area contributed by atoms with Gasteiger partial charge in [0.05, 0.1) is 24.2 Å². The van der Waals surface area contributed by atoms with Gasteiger partial charge in [0.1, 0.15) is 0 Å². The molecule has 1 aromatic heterocycles. The van der Waals surface area contributed by atoms with Crippen molar-refractivity contribution in [1.82, 2.24) is 5.32 Å². The molecule has 2 rings (SSSR count). The average Bonchev–Trinajstić information content (AvgIpc) is 3.02. The first-order chi connectivity index (χ1) is 8.82. The van der Waals surface area contributed by atoms with Crippen molar-refractivity contribution in [3.8, 4) is 0 Å². The zero-order chi connectivity index (χ0) is 12.8. The molecule has 3 heteroatoms. The zero-order valence-electron chi connectivity index (χ0n) is 11.6. The van der Waals surface area contributed by atoms with Crippen LogP contribution in [0.2, 0.25) is 0 Å². The molecule has 0 aliphatic heterocycles. The smallest absolute Gasteiger partial charge is 0.0951 e. The first-order valence-corrected chi connectivity index (χ1v) is 7.22. The Hall–Kier alpha value is -0.800. The van der Waals surface area contributed by atoms with E-state index in [0.29, 0.717) is 0 Å². The minimum atomic E-state index is -0.0339. The van der Waals surface area contributed by atoms with Gasteiger partial charge in [-0.25, -0.2) is 0 Å². The Balaban J connectivity index is 2.20. The number of ether oxygens (including phenoxy) is 1. The van der Waals surface area contributed by atoms with E-state index >= 15 is 0 Å². The summed E-state index contributed by atoms with van der Waals surface area (Å²) in [5, 5.41) is 3.65. The molecule has 0 aromatic carbocycles. The van der Waals surface area contributed by atoms with Gasteiger partial charge in [0.25, 0.3) is 0 Å². The maximum Gasteiger partial charge on any atom is 0.0951 e. The van der Waals surface area contributed by atoms with Crippen LogP contribution >= 0.6 is 0 Å². The zero-order valence-corrected chi connectivity index (χ0v) is 11.6. The summed E-state index contributed by atoms with van der Waals surface area (Å²) in [5.41, 5.74) is 1.19. The fourth-order valence-electron chi connectivity index (χ4n) is 3.11. The van der Waals surface area contributed by atoms with Crippen molar-refractivity contribution in [2.75, 3.05) is 13.2 Å². The van der Waals surface area contributed by atoms with E-state index in [4.69, 9.17) is 9.15 Å². The highest BCUT2D eigenvalue weighted by Gasteiger charge is 2.43. The Morgan fingerprint density at radius 2 is 2.17 bits per heavy atom. The number of rotatable bonds is 7. The molecule has 1 fully saturated rings. The van der Waals surface area contributed by atoms with Crippen molar-refractivity contribution in [2.45, 2.75) is 57.6 Å². The molecule has 3 nitrogen and oxygen atoms in total. The fraction of sp³-hybridized carbons (Fsp3) is 0.733. The van der Waals surface area contributed by atoms with Crippen LogP contribution in [0, 0.1) is 0 Å². The van der Waals surface area contributed by atoms with Crippen molar-refractivity contribution in [2.24, 2.45) is 0 Å². The highest BCUT2D eigenvalue weighted by molar-refractivity contribution is 5.18. The van der Waals surface area contributed by atoms with Gasteiger partial charge in [0.15, 0.2) is 0 Å². The first-order valence-electron chi connectivity index (χ1n) is 7.22. The molecule has 102 valence electrons. The molecule has 0 radical (unpaired) electrons. The van der Waals surface area contributed by atoms with Crippen molar-refractivity contribution in [1.29, 1.82) is 0 Å². The second-order valence-corrected chi connectivity index (χ2v) is 5.15. The summed E-state index contributed by atoms with van der Waals surface area (Å²) in [6.45, 7) is 6.08. The molecule has 1 atom stereocenters. The van der Waals surface area contributed by atoms with Gasteiger partial charge in [0, 0.05) is 12.2 Å². The van der Waals surface area contributed by atoms with E-state index in [2.05, 4.69) is 25.2 Å². The van der Waals surface area contributed by atoms with Gasteiger partial charge >= 0.3 is 0 Å². The minimum Gasteiger partial charge on any atom is -0.472 e. The van der Waals surface area contributed by atoms with Gasteiger partial charge in [0.2, 0.25) is 0 Å². The molecule has 18 heavy (non-hydrogen) atoms. The molecule has 0 amide bonds. The highest BCUT2D eigenvalue weighted by Crippen LogP contribution is 2.43. The lowest BCUT2D eigenvalue weighted by molar-refractivity contribution is -0.0627. The summed E-state index contributed by atoms with van der Waals surface area (Å²) in [5.74, 6) is 0. The van der Waals surface area contributed by atoms with Crippen LogP contribution in [-0.4, -0.2) is 18.8 Å². The SMILES string of the molecule is CCCNC(c1ccoc1)C1(OCC)CCCC1. The second-order valence-electron chi connectivity index (χ2n) is 5.15. The lowest BCUT2D eigenvalue weighted by Crippen LogP contribution is -2.44. The van der Waals surface area contributed by atoms with Gasteiger partial charge in [-0.2, -0.15) is 0 Å². The van der Waals surface area contributed by atoms with Gasteiger partial charge in [-0.1, -0.05) is 19.8 Å². The predicted molar refractivity (Wildman–Crippen MR) is 72.6 cm³/mol. The second kappa shape index (κ2) is 6.39. The first kappa shape index (κ1) is 13.6. The summed E-state index contributed by atoms with van der Waals surface area (Å²) in [4.78, 5) is 0. The molecule has 0 spiro atoms. The lowest BCUT2D eigenvalue weighted by atomic mass is 9.87. The molecule has 1 unspecified atom stereocenters. The monoisotopic (exact) mass is 251 g/mol. The van der Waals surface area contributed by atoms with E-state index in [1.807, 2.05) is 6.26 Å². The quantitative estimate of drug-likeness (QED) is 0.803. The summed E-state index contributed by atoms with van der Waals surface area (Å²) in [6, 6.07) is 2.32. The standard InChI is InChI=1S/C15H25NO2/c1-3-10-16-14(13-7-11-17-12-13)15(18-4-2)8-5-6-9-15/h7,11-12,14,16H,3-6,8-10H2,1-2H3. The largest absolute Gasteiger partial charge is 0.472 e. The maximum absolute atomic E-state index is 6.17. The van der Waals surface area contributed by atoms with Crippen molar-refractivity contribution < 1.29 is 9.15 Å². The van der Waals surface area contributed by atoms with Crippen LogP contribution in [0.5, 0.6) is 0 Å².